The van der Waals surface area contributed by atoms with Crippen LogP contribution in [0.2, 0.25) is 0 Å². The Kier molecular flexibility index (Phi) is 2.26. The smallest absolute Gasteiger partial charge is 0.234 e. The molecular formula is C10H9N3O2. The lowest BCUT2D eigenvalue weighted by Crippen LogP contribution is -2.33. The van der Waals surface area contributed by atoms with E-state index >= 15 is 0 Å². The first-order chi connectivity index (χ1) is 7.22. The second-order valence-electron chi connectivity index (χ2n) is 3.39. The van der Waals surface area contributed by atoms with Gasteiger partial charge in [0.1, 0.15) is 12.5 Å². The average Bonchev–Trinajstić information content (AvgIpc) is 3.00. The molecular weight excluding hydrogens is 194 g/mol. The number of nitriles is 1. The molecule has 1 aromatic heterocycles. The van der Waals surface area contributed by atoms with Crippen molar-refractivity contribution in [2.45, 2.75) is 12.5 Å². The summed E-state index contributed by atoms with van der Waals surface area (Å²) in [5, 5.41) is 19.8. The van der Waals surface area contributed by atoms with Crippen molar-refractivity contribution in [2.75, 3.05) is 6.54 Å². The predicted molar refractivity (Wildman–Crippen MR) is 50.2 cm³/mol. The fourth-order valence-corrected chi connectivity index (χ4v) is 1.38. The van der Waals surface area contributed by atoms with Crippen molar-refractivity contribution in [2.24, 2.45) is 0 Å². The Morgan fingerprint density at radius 2 is 2.53 bits per heavy atom. The predicted octanol–water partition coefficient (Wildman–Crippen LogP) is -0.403. The number of nitrogens with zero attached hydrogens (tertiary/aromatic N) is 3. The topological polar surface area (TPSA) is 70.8 Å². The molecule has 0 radical (unpaired) electrons. The molecule has 0 aromatic carbocycles. The van der Waals surface area contributed by atoms with E-state index < -0.39 is 0 Å². The van der Waals surface area contributed by atoms with E-state index in [-0.39, 0.29) is 18.4 Å². The minimum Gasteiger partial charge on any atom is -0.618 e. The Labute approximate surface area is 86.7 Å². The van der Waals surface area contributed by atoms with Crippen molar-refractivity contribution in [3.63, 3.8) is 0 Å². The minimum absolute atomic E-state index is 0.0581. The lowest BCUT2D eigenvalue weighted by Gasteiger charge is -2.03. The Morgan fingerprint density at radius 1 is 1.73 bits per heavy atom. The van der Waals surface area contributed by atoms with Crippen molar-refractivity contribution < 1.29 is 9.52 Å². The summed E-state index contributed by atoms with van der Waals surface area (Å²) in [5.74, 6) is -0.169. The van der Waals surface area contributed by atoms with Crippen LogP contribution in [-0.2, 0) is 11.2 Å². The number of pyridine rings is 1. The highest BCUT2D eigenvalue weighted by Crippen LogP contribution is 2.17. The van der Waals surface area contributed by atoms with E-state index in [0.29, 0.717) is 17.0 Å². The largest absolute Gasteiger partial charge is 0.618 e. The molecule has 1 amide bonds. The van der Waals surface area contributed by atoms with Crippen LogP contribution in [0.5, 0.6) is 0 Å². The lowest BCUT2D eigenvalue weighted by molar-refractivity contribution is -0.613. The maximum Gasteiger partial charge on any atom is 0.234 e. The van der Waals surface area contributed by atoms with Gasteiger partial charge >= 0.3 is 0 Å². The van der Waals surface area contributed by atoms with E-state index in [0.717, 1.165) is 0 Å². The summed E-state index contributed by atoms with van der Waals surface area (Å²) in [6.45, 7) is 0.487. The monoisotopic (exact) mass is 203 g/mol. The van der Waals surface area contributed by atoms with Crippen LogP contribution < -0.4 is 4.73 Å². The second-order valence-corrected chi connectivity index (χ2v) is 3.39. The number of aromatic nitrogens is 1. The van der Waals surface area contributed by atoms with Crippen molar-refractivity contribution >= 4 is 5.91 Å². The molecule has 0 saturated carbocycles. The van der Waals surface area contributed by atoms with Gasteiger partial charge in [0.15, 0.2) is 6.20 Å². The van der Waals surface area contributed by atoms with E-state index in [1.54, 1.807) is 18.2 Å². The summed E-state index contributed by atoms with van der Waals surface area (Å²) < 4.78 is 0.669. The van der Waals surface area contributed by atoms with Gasteiger partial charge in [-0.1, -0.05) is 0 Å². The van der Waals surface area contributed by atoms with E-state index in [4.69, 9.17) is 5.26 Å². The summed E-state index contributed by atoms with van der Waals surface area (Å²) in [5.41, 5.74) is 0.408. The van der Waals surface area contributed by atoms with E-state index in [1.807, 2.05) is 6.07 Å². The highest BCUT2D eigenvalue weighted by molar-refractivity contribution is 5.81. The first kappa shape index (κ1) is 9.46. The molecule has 1 aliphatic heterocycles. The minimum atomic E-state index is -0.290. The van der Waals surface area contributed by atoms with Crippen LogP contribution in [0.1, 0.15) is 5.69 Å². The van der Waals surface area contributed by atoms with Crippen molar-refractivity contribution in [1.29, 1.82) is 5.26 Å². The van der Waals surface area contributed by atoms with Gasteiger partial charge in [-0.3, -0.25) is 4.79 Å². The van der Waals surface area contributed by atoms with E-state index in [2.05, 4.69) is 0 Å². The molecule has 1 aromatic rings. The third-order valence-electron chi connectivity index (χ3n) is 2.32. The molecule has 0 spiro atoms. The van der Waals surface area contributed by atoms with E-state index in [1.165, 1.54) is 11.1 Å². The third-order valence-corrected chi connectivity index (χ3v) is 2.32. The quantitative estimate of drug-likeness (QED) is 0.373. The first-order valence-corrected chi connectivity index (χ1v) is 4.58. The van der Waals surface area contributed by atoms with Gasteiger partial charge in [-0.25, -0.2) is 0 Å². The maximum atomic E-state index is 11.5. The molecule has 2 heterocycles. The van der Waals surface area contributed by atoms with Crippen molar-refractivity contribution in [1.82, 2.24) is 4.90 Å². The zero-order chi connectivity index (χ0) is 10.8. The molecule has 5 heteroatoms. The average molecular weight is 203 g/mol. The van der Waals surface area contributed by atoms with Gasteiger partial charge in [0.25, 0.3) is 0 Å². The summed E-state index contributed by atoms with van der Waals surface area (Å²) in [6.07, 6.45) is 1.41. The summed E-state index contributed by atoms with van der Waals surface area (Å²) in [4.78, 5) is 13.0. The van der Waals surface area contributed by atoms with Gasteiger partial charge < -0.3 is 10.1 Å². The number of hydrogen-bond donors (Lipinski definition) is 0. The third kappa shape index (κ3) is 1.89. The van der Waals surface area contributed by atoms with Crippen LogP contribution >= 0.6 is 0 Å². The van der Waals surface area contributed by atoms with Crippen LogP contribution in [-0.4, -0.2) is 23.4 Å². The standard InChI is InChI=1S/C10H9N3O2/c11-6-9-7-12(9)10(14)5-8-3-1-2-4-13(8)15/h1-4,9H,5,7H2. The SMILES string of the molecule is N#CC1CN1C(=O)Cc1cccc[n+]1[O-]. The number of carbonyl (C=O) groups excluding carboxylic acids is 1. The van der Waals surface area contributed by atoms with Gasteiger partial charge in [0, 0.05) is 12.1 Å². The summed E-state index contributed by atoms with van der Waals surface area (Å²) in [6, 6.07) is 6.62. The van der Waals surface area contributed by atoms with Crippen molar-refractivity contribution in [3.8, 4) is 6.07 Å². The van der Waals surface area contributed by atoms with E-state index in [9.17, 15) is 10.0 Å². The molecule has 0 aliphatic carbocycles. The molecule has 76 valence electrons. The first-order valence-electron chi connectivity index (χ1n) is 4.58. The lowest BCUT2D eigenvalue weighted by atomic mass is 10.2. The Morgan fingerprint density at radius 3 is 3.13 bits per heavy atom. The van der Waals surface area contributed by atoms with Gasteiger partial charge in [0.2, 0.25) is 11.6 Å². The normalized spacial score (nSPS) is 18.3. The highest BCUT2D eigenvalue weighted by atomic mass is 16.5. The van der Waals surface area contributed by atoms with Gasteiger partial charge in [0.05, 0.1) is 12.6 Å². The van der Waals surface area contributed by atoms with Crippen LogP contribution in [0.3, 0.4) is 0 Å². The van der Waals surface area contributed by atoms with Crippen LogP contribution in [0.15, 0.2) is 24.4 Å². The maximum absolute atomic E-state index is 11.5. The number of rotatable bonds is 2. The van der Waals surface area contributed by atoms with Crippen LogP contribution in [0.25, 0.3) is 0 Å². The molecule has 5 nitrogen and oxygen atoms in total. The number of amides is 1. The van der Waals surface area contributed by atoms with Gasteiger partial charge in [-0.05, 0) is 6.07 Å². The zero-order valence-electron chi connectivity index (χ0n) is 7.96. The Hall–Kier alpha value is -2.09. The number of hydrogen-bond acceptors (Lipinski definition) is 3. The Balaban J connectivity index is 2.02. The second kappa shape index (κ2) is 3.58. The fraction of sp³-hybridized carbons (Fsp3) is 0.300. The molecule has 15 heavy (non-hydrogen) atoms. The molecule has 1 saturated heterocycles. The summed E-state index contributed by atoms with van der Waals surface area (Å²) in [7, 11) is 0. The van der Waals surface area contributed by atoms with Crippen molar-refractivity contribution in [3.05, 3.63) is 35.3 Å². The molecule has 1 atom stereocenters. The van der Waals surface area contributed by atoms with Crippen LogP contribution in [0, 0.1) is 16.5 Å². The van der Waals surface area contributed by atoms with Crippen LogP contribution in [0.4, 0.5) is 0 Å². The molecule has 0 N–H and O–H groups in total. The zero-order valence-corrected chi connectivity index (χ0v) is 7.96. The molecule has 1 aliphatic rings. The van der Waals surface area contributed by atoms with Gasteiger partial charge in [-0.15, -0.1) is 0 Å². The number of carbonyl (C=O) groups is 1. The molecule has 0 bridgehead atoms. The highest BCUT2D eigenvalue weighted by Gasteiger charge is 2.38. The van der Waals surface area contributed by atoms with Gasteiger partial charge in [-0.2, -0.15) is 9.99 Å². The fourth-order valence-electron chi connectivity index (χ4n) is 1.38. The molecule has 1 fully saturated rings. The Bertz CT molecular complexity index is 439. The molecule has 1 unspecified atom stereocenters. The summed E-state index contributed by atoms with van der Waals surface area (Å²) >= 11 is 0. The molecule has 2 rings (SSSR count).